The van der Waals surface area contributed by atoms with Crippen LogP contribution in [0.3, 0.4) is 0 Å². The van der Waals surface area contributed by atoms with E-state index in [2.05, 4.69) is 0 Å². The quantitative estimate of drug-likeness (QED) is 0.200. The first-order valence-electron chi connectivity index (χ1n) is 14.0. The molecule has 0 unspecified atom stereocenters. The van der Waals surface area contributed by atoms with Gasteiger partial charge in [-0.3, -0.25) is 4.31 Å². The van der Waals surface area contributed by atoms with E-state index in [4.69, 9.17) is 18.6 Å². The van der Waals surface area contributed by atoms with E-state index in [1.807, 2.05) is 51.1 Å². The fourth-order valence-electron chi connectivity index (χ4n) is 5.42. The van der Waals surface area contributed by atoms with E-state index in [0.29, 0.717) is 33.8 Å². The predicted molar refractivity (Wildman–Crippen MR) is 164 cm³/mol. The highest BCUT2D eigenvalue weighted by molar-refractivity contribution is 7.92. The van der Waals surface area contributed by atoms with Gasteiger partial charge in [0.05, 0.1) is 18.6 Å². The average molecular weight is 600 g/mol. The first-order valence-corrected chi connectivity index (χ1v) is 15.4. The highest BCUT2D eigenvalue weighted by Gasteiger charge is 2.45. The number of methoxy groups -OCH3 is 1. The molecule has 0 fully saturated rings. The number of ether oxygens (including phenoxy) is 3. The Labute approximate surface area is 251 Å². The average Bonchev–Trinajstić information content (AvgIpc) is 3.63. The van der Waals surface area contributed by atoms with Crippen molar-refractivity contribution in [1.82, 2.24) is 0 Å². The number of benzene rings is 4. The normalized spacial score (nSPS) is 14.2. The number of hydrogen-bond donors (Lipinski definition) is 1. The number of sulfonamides is 1. The Morgan fingerprint density at radius 1 is 0.930 bits per heavy atom. The molecule has 1 aliphatic heterocycles. The Kier molecular flexibility index (Phi) is 7.31. The van der Waals surface area contributed by atoms with Crippen LogP contribution in [0.5, 0.6) is 17.2 Å². The molecular weight excluding hydrogens is 566 g/mol. The Morgan fingerprint density at radius 3 is 2.21 bits per heavy atom. The summed E-state index contributed by atoms with van der Waals surface area (Å²) in [6.07, 6.45) is 0. The maximum atomic E-state index is 14.6. The summed E-state index contributed by atoms with van der Waals surface area (Å²) >= 11 is 0. The molecule has 9 heteroatoms. The number of furan rings is 1. The van der Waals surface area contributed by atoms with Crippen LogP contribution in [0.2, 0.25) is 0 Å². The van der Waals surface area contributed by atoms with Gasteiger partial charge in [-0.15, -0.1) is 0 Å². The Bertz CT molecular complexity index is 1860. The van der Waals surface area contributed by atoms with E-state index in [0.717, 1.165) is 11.1 Å². The van der Waals surface area contributed by atoms with Gasteiger partial charge in [0.15, 0.2) is 22.9 Å². The van der Waals surface area contributed by atoms with Crippen LogP contribution >= 0.6 is 0 Å². The van der Waals surface area contributed by atoms with Crippen molar-refractivity contribution in [2.45, 2.75) is 37.8 Å². The first kappa shape index (κ1) is 28.6. The van der Waals surface area contributed by atoms with Gasteiger partial charge in [-0.25, -0.2) is 8.42 Å². The molecule has 2 heterocycles. The largest absolute Gasteiger partial charge is 0.497 e. The van der Waals surface area contributed by atoms with Gasteiger partial charge in [0, 0.05) is 11.5 Å². The third kappa shape index (κ3) is 4.98. The lowest BCUT2D eigenvalue weighted by molar-refractivity contribution is 0.0129. The Morgan fingerprint density at radius 2 is 1.58 bits per heavy atom. The molecule has 0 radical (unpaired) electrons. The molecule has 0 bridgehead atoms. The van der Waals surface area contributed by atoms with Crippen LogP contribution in [-0.2, 0) is 22.2 Å². The molecule has 0 amide bonds. The number of aliphatic hydroxyl groups is 1. The summed E-state index contributed by atoms with van der Waals surface area (Å²) in [6.45, 7) is 5.66. The lowest BCUT2D eigenvalue weighted by Gasteiger charge is -2.34. The van der Waals surface area contributed by atoms with Crippen LogP contribution in [0.1, 0.15) is 36.3 Å². The van der Waals surface area contributed by atoms with Crippen molar-refractivity contribution in [3.8, 4) is 17.2 Å². The molecule has 0 saturated heterocycles. The predicted octanol–water partition coefficient (Wildman–Crippen LogP) is 6.77. The second kappa shape index (κ2) is 11.0. The third-order valence-electron chi connectivity index (χ3n) is 7.90. The van der Waals surface area contributed by atoms with Crippen LogP contribution in [-0.4, -0.2) is 27.4 Å². The number of nitrogens with zero attached hydrogens (tertiary/aromatic N) is 1. The van der Waals surface area contributed by atoms with Crippen LogP contribution in [0.4, 0.5) is 5.69 Å². The van der Waals surface area contributed by atoms with Crippen LogP contribution in [0, 0.1) is 12.8 Å². The van der Waals surface area contributed by atoms with Gasteiger partial charge >= 0.3 is 0 Å². The fraction of sp³-hybridized carbons (Fsp3) is 0.235. The van der Waals surface area contributed by atoms with Crippen LogP contribution in [0.15, 0.2) is 100 Å². The summed E-state index contributed by atoms with van der Waals surface area (Å²) < 4.78 is 53.7. The van der Waals surface area contributed by atoms with Crippen molar-refractivity contribution >= 4 is 26.7 Å². The molecule has 1 atom stereocenters. The topological polar surface area (TPSA) is 98.4 Å². The first-order chi connectivity index (χ1) is 20.6. The zero-order valence-electron chi connectivity index (χ0n) is 24.4. The zero-order valence-corrected chi connectivity index (χ0v) is 25.2. The van der Waals surface area contributed by atoms with Crippen molar-refractivity contribution in [2.75, 3.05) is 18.2 Å². The molecule has 222 valence electrons. The monoisotopic (exact) mass is 599 g/mol. The Balaban J connectivity index is 1.67. The summed E-state index contributed by atoms with van der Waals surface area (Å²) in [6, 6.07) is 26.5. The minimum Gasteiger partial charge on any atom is -0.497 e. The molecule has 4 aromatic carbocycles. The van der Waals surface area contributed by atoms with Gasteiger partial charge in [0.2, 0.25) is 6.79 Å². The van der Waals surface area contributed by atoms with E-state index in [-0.39, 0.29) is 29.7 Å². The standard InChI is InChI=1S/C34H33NO7S/c1-22(2)34(36,25-12-14-26(39-4)15-13-25)33-32(28-18-30-31(41-21-40-30)19-29(28)42-33)35(20-24-8-6-5-7-9-24)43(37,38)27-16-10-23(3)11-17-27/h5-19,22,36H,20-21H2,1-4H3/t34-/m0/s1. The van der Waals surface area contributed by atoms with E-state index in [9.17, 15) is 13.5 Å². The summed E-state index contributed by atoms with van der Waals surface area (Å²) in [5.41, 5.74) is 1.07. The molecule has 8 nitrogen and oxygen atoms in total. The minimum atomic E-state index is -4.18. The lowest BCUT2D eigenvalue weighted by atomic mass is 9.80. The van der Waals surface area contributed by atoms with Crippen molar-refractivity contribution in [3.63, 3.8) is 0 Å². The molecule has 1 N–H and O–H groups in total. The molecular formula is C34H33NO7S. The number of hydrogen-bond acceptors (Lipinski definition) is 7. The van der Waals surface area contributed by atoms with Gasteiger partial charge in [0.1, 0.15) is 17.0 Å². The Hall–Kier alpha value is -4.47. The minimum absolute atomic E-state index is 0.0100. The molecule has 0 spiro atoms. The second-order valence-corrected chi connectivity index (χ2v) is 12.8. The number of rotatable bonds is 9. The van der Waals surface area contributed by atoms with Gasteiger partial charge < -0.3 is 23.7 Å². The smallest absolute Gasteiger partial charge is 0.264 e. The number of fused-ring (bicyclic) bond motifs is 2. The van der Waals surface area contributed by atoms with E-state index in [1.165, 1.54) is 4.31 Å². The van der Waals surface area contributed by atoms with Gasteiger partial charge in [0.25, 0.3) is 10.0 Å². The van der Waals surface area contributed by atoms with Crippen molar-refractivity contribution in [3.05, 3.63) is 113 Å². The second-order valence-electron chi connectivity index (χ2n) is 10.9. The zero-order chi connectivity index (χ0) is 30.4. The highest BCUT2D eigenvalue weighted by atomic mass is 32.2. The summed E-state index contributed by atoms with van der Waals surface area (Å²) in [5, 5.41) is 13.1. The summed E-state index contributed by atoms with van der Waals surface area (Å²) in [7, 11) is -2.60. The molecule has 1 aromatic heterocycles. The van der Waals surface area contributed by atoms with Crippen molar-refractivity contribution < 1.29 is 32.2 Å². The van der Waals surface area contributed by atoms with Crippen molar-refractivity contribution in [2.24, 2.45) is 5.92 Å². The van der Waals surface area contributed by atoms with Gasteiger partial charge in [-0.05, 0) is 54.3 Å². The van der Waals surface area contributed by atoms with E-state index >= 15 is 0 Å². The summed E-state index contributed by atoms with van der Waals surface area (Å²) in [5.74, 6) is 1.23. The molecule has 1 aliphatic rings. The number of anilines is 1. The molecule has 43 heavy (non-hydrogen) atoms. The highest BCUT2D eigenvalue weighted by Crippen LogP contribution is 2.50. The maximum absolute atomic E-state index is 14.6. The van der Waals surface area contributed by atoms with E-state index < -0.39 is 21.5 Å². The van der Waals surface area contributed by atoms with Gasteiger partial charge in [-0.1, -0.05) is 74.0 Å². The lowest BCUT2D eigenvalue weighted by Crippen LogP contribution is -2.37. The van der Waals surface area contributed by atoms with Crippen molar-refractivity contribution in [1.29, 1.82) is 0 Å². The molecule has 0 aliphatic carbocycles. The molecule has 0 saturated carbocycles. The fourth-order valence-corrected chi connectivity index (χ4v) is 6.90. The summed E-state index contributed by atoms with van der Waals surface area (Å²) in [4.78, 5) is 0.118. The van der Waals surface area contributed by atoms with E-state index in [1.54, 1.807) is 67.8 Å². The SMILES string of the molecule is COc1ccc([C@](O)(c2oc3cc4c(cc3c2N(Cc2ccccc2)S(=O)(=O)c2ccc(C)cc2)OCO4)C(C)C)cc1. The van der Waals surface area contributed by atoms with Crippen LogP contribution in [0.25, 0.3) is 11.0 Å². The van der Waals surface area contributed by atoms with Gasteiger partial charge in [-0.2, -0.15) is 0 Å². The third-order valence-corrected chi connectivity index (χ3v) is 9.66. The van der Waals surface area contributed by atoms with Crippen LogP contribution < -0.4 is 18.5 Å². The molecule has 5 aromatic rings. The maximum Gasteiger partial charge on any atom is 0.264 e. The molecule has 6 rings (SSSR count). The number of aryl methyl sites for hydroxylation is 1.